The van der Waals surface area contributed by atoms with Gasteiger partial charge in [-0.3, -0.25) is 4.79 Å². The lowest BCUT2D eigenvalue weighted by Gasteiger charge is -2.12. The van der Waals surface area contributed by atoms with E-state index in [0.717, 1.165) is 11.1 Å². The molecule has 0 bridgehead atoms. The van der Waals surface area contributed by atoms with Crippen LogP contribution in [0.5, 0.6) is 11.5 Å². The van der Waals surface area contributed by atoms with Crippen LogP contribution in [-0.2, 0) is 0 Å². The Morgan fingerprint density at radius 3 is 2.75 bits per heavy atom. The molecule has 1 N–H and O–H groups in total. The smallest absolute Gasteiger partial charge is 0.271 e. The van der Waals surface area contributed by atoms with Crippen LogP contribution in [0.2, 0.25) is 0 Å². The number of aryl methyl sites for hydroxylation is 1. The molecule has 0 saturated heterocycles. The summed E-state index contributed by atoms with van der Waals surface area (Å²) in [6, 6.07) is 11.1. The summed E-state index contributed by atoms with van der Waals surface area (Å²) in [4.78, 5) is 12.3. The van der Waals surface area contributed by atoms with Gasteiger partial charge in [0.05, 0.1) is 24.4 Å². The summed E-state index contributed by atoms with van der Waals surface area (Å²) in [6.07, 6.45) is 1.62. The molecule has 2 rings (SSSR count). The molecule has 126 valence electrons. The van der Waals surface area contributed by atoms with Crippen molar-refractivity contribution >= 4 is 28.1 Å². The van der Waals surface area contributed by atoms with Gasteiger partial charge in [-0.15, -0.1) is 0 Å². The summed E-state index contributed by atoms with van der Waals surface area (Å²) in [7, 11) is 1.53. The average molecular weight is 391 g/mol. The van der Waals surface area contributed by atoms with Crippen molar-refractivity contribution in [2.45, 2.75) is 13.8 Å². The van der Waals surface area contributed by atoms with E-state index >= 15 is 0 Å². The Labute approximate surface area is 149 Å². The van der Waals surface area contributed by atoms with Gasteiger partial charge in [-0.1, -0.05) is 24.3 Å². The third-order valence-corrected chi connectivity index (χ3v) is 3.93. The van der Waals surface area contributed by atoms with E-state index in [0.29, 0.717) is 28.1 Å². The van der Waals surface area contributed by atoms with E-state index in [1.54, 1.807) is 18.3 Å². The first-order chi connectivity index (χ1) is 11.6. The summed E-state index contributed by atoms with van der Waals surface area (Å²) in [6.45, 7) is 4.37. The van der Waals surface area contributed by atoms with E-state index in [1.165, 1.54) is 7.11 Å². The third kappa shape index (κ3) is 4.35. The number of nitrogens with zero attached hydrogens (tertiary/aromatic N) is 1. The van der Waals surface area contributed by atoms with E-state index in [2.05, 4.69) is 26.5 Å². The van der Waals surface area contributed by atoms with Crippen molar-refractivity contribution in [1.29, 1.82) is 0 Å². The minimum Gasteiger partial charge on any atom is -0.493 e. The molecule has 0 aliphatic rings. The first-order valence-corrected chi connectivity index (χ1v) is 8.25. The quantitative estimate of drug-likeness (QED) is 0.600. The molecule has 0 aliphatic heterocycles. The van der Waals surface area contributed by atoms with Crippen LogP contribution in [0.4, 0.5) is 0 Å². The average Bonchev–Trinajstić information content (AvgIpc) is 2.58. The fraction of sp³-hybridized carbons (Fsp3) is 0.222. The highest BCUT2D eigenvalue weighted by Crippen LogP contribution is 2.36. The van der Waals surface area contributed by atoms with Crippen molar-refractivity contribution in [3.05, 3.63) is 57.6 Å². The Morgan fingerprint density at radius 2 is 2.08 bits per heavy atom. The SMILES string of the molecule is CCOc1c(Br)cc(C(=O)N/N=C\c2ccccc2C)cc1OC. The highest BCUT2D eigenvalue weighted by Gasteiger charge is 2.15. The number of benzene rings is 2. The molecule has 0 aliphatic carbocycles. The number of hydrazone groups is 1. The summed E-state index contributed by atoms with van der Waals surface area (Å²) >= 11 is 3.40. The van der Waals surface area contributed by atoms with Crippen molar-refractivity contribution in [1.82, 2.24) is 5.43 Å². The highest BCUT2D eigenvalue weighted by atomic mass is 79.9. The zero-order valence-electron chi connectivity index (χ0n) is 13.8. The largest absolute Gasteiger partial charge is 0.493 e. The predicted octanol–water partition coefficient (Wildman–Crippen LogP) is 3.93. The maximum Gasteiger partial charge on any atom is 0.271 e. The van der Waals surface area contributed by atoms with Crippen LogP contribution in [0.25, 0.3) is 0 Å². The number of methoxy groups -OCH3 is 1. The number of amides is 1. The molecular formula is C18H19BrN2O3. The number of carbonyl (C=O) groups excluding carboxylic acids is 1. The molecule has 2 aromatic rings. The molecule has 0 heterocycles. The van der Waals surface area contributed by atoms with Crippen LogP contribution in [0.3, 0.4) is 0 Å². The fourth-order valence-electron chi connectivity index (χ4n) is 2.09. The van der Waals surface area contributed by atoms with Crippen LogP contribution < -0.4 is 14.9 Å². The van der Waals surface area contributed by atoms with Gasteiger partial charge >= 0.3 is 0 Å². The molecule has 0 spiro atoms. The van der Waals surface area contributed by atoms with E-state index in [4.69, 9.17) is 9.47 Å². The Bertz CT molecular complexity index is 760. The molecule has 5 nitrogen and oxygen atoms in total. The Balaban J connectivity index is 2.15. The second-order valence-electron chi connectivity index (χ2n) is 4.98. The van der Waals surface area contributed by atoms with E-state index in [1.807, 2.05) is 38.1 Å². The van der Waals surface area contributed by atoms with Gasteiger partial charge in [-0.2, -0.15) is 5.10 Å². The molecule has 24 heavy (non-hydrogen) atoms. The topological polar surface area (TPSA) is 59.9 Å². The fourth-order valence-corrected chi connectivity index (χ4v) is 2.65. The van der Waals surface area contributed by atoms with Crippen molar-refractivity contribution < 1.29 is 14.3 Å². The maximum absolute atomic E-state index is 12.3. The first kappa shape index (κ1) is 18.0. The molecule has 1 amide bonds. The third-order valence-electron chi connectivity index (χ3n) is 3.34. The van der Waals surface area contributed by atoms with Crippen LogP contribution in [0.1, 0.15) is 28.4 Å². The lowest BCUT2D eigenvalue weighted by Crippen LogP contribution is -2.18. The Hall–Kier alpha value is -2.34. The molecule has 0 aromatic heterocycles. The highest BCUT2D eigenvalue weighted by molar-refractivity contribution is 9.10. The number of ether oxygens (including phenoxy) is 2. The lowest BCUT2D eigenvalue weighted by atomic mass is 10.1. The predicted molar refractivity (Wildman–Crippen MR) is 98.1 cm³/mol. The van der Waals surface area contributed by atoms with Gasteiger partial charge in [-0.25, -0.2) is 5.43 Å². The maximum atomic E-state index is 12.3. The van der Waals surface area contributed by atoms with E-state index < -0.39 is 0 Å². The van der Waals surface area contributed by atoms with Crippen molar-refractivity contribution in [3.63, 3.8) is 0 Å². The van der Waals surface area contributed by atoms with Crippen molar-refractivity contribution in [2.24, 2.45) is 5.10 Å². The number of hydrogen-bond donors (Lipinski definition) is 1. The van der Waals surface area contributed by atoms with Gasteiger partial charge in [0, 0.05) is 5.56 Å². The van der Waals surface area contributed by atoms with Crippen LogP contribution in [0.15, 0.2) is 46.0 Å². The number of nitrogens with one attached hydrogen (secondary N) is 1. The molecular weight excluding hydrogens is 372 g/mol. The van der Waals surface area contributed by atoms with Crippen LogP contribution in [-0.4, -0.2) is 25.8 Å². The number of carbonyl (C=O) groups is 1. The molecule has 0 unspecified atom stereocenters. The number of halogens is 1. The summed E-state index contributed by atoms with van der Waals surface area (Å²) < 4.78 is 11.4. The molecule has 0 radical (unpaired) electrons. The summed E-state index contributed by atoms with van der Waals surface area (Å²) in [5.74, 6) is 0.723. The summed E-state index contributed by atoms with van der Waals surface area (Å²) in [5.41, 5.74) is 4.97. The Morgan fingerprint density at radius 1 is 1.33 bits per heavy atom. The molecule has 0 atom stereocenters. The minimum absolute atomic E-state index is 0.332. The zero-order chi connectivity index (χ0) is 17.5. The van der Waals surface area contributed by atoms with E-state index in [-0.39, 0.29) is 5.91 Å². The van der Waals surface area contributed by atoms with Crippen molar-refractivity contribution in [3.8, 4) is 11.5 Å². The lowest BCUT2D eigenvalue weighted by molar-refractivity contribution is 0.0954. The van der Waals surface area contributed by atoms with Gasteiger partial charge in [0.15, 0.2) is 11.5 Å². The first-order valence-electron chi connectivity index (χ1n) is 7.46. The Kier molecular flexibility index (Phi) is 6.37. The normalized spacial score (nSPS) is 10.7. The monoisotopic (exact) mass is 390 g/mol. The zero-order valence-corrected chi connectivity index (χ0v) is 15.4. The van der Waals surface area contributed by atoms with Gasteiger partial charge < -0.3 is 9.47 Å². The summed E-state index contributed by atoms with van der Waals surface area (Å²) in [5, 5.41) is 4.01. The van der Waals surface area contributed by atoms with Gasteiger partial charge in [0.25, 0.3) is 5.91 Å². The second kappa shape index (κ2) is 8.49. The van der Waals surface area contributed by atoms with Gasteiger partial charge in [0.1, 0.15) is 0 Å². The number of rotatable bonds is 6. The minimum atomic E-state index is -0.332. The van der Waals surface area contributed by atoms with Crippen molar-refractivity contribution in [2.75, 3.05) is 13.7 Å². The second-order valence-corrected chi connectivity index (χ2v) is 5.83. The molecule has 0 saturated carbocycles. The standard InChI is InChI=1S/C18H19BrN2O3/c1-4-24-17-15(19)9-14(10-16(17)23-3)18(22)21-20-11-13-8-6-5-7-12(13)2/h5-11H,4H2,1-3H3,(H,21,22)/b20-11-. The molecule has 0 fully saturated rings. The van der Waals surface area contributed by atoms with Gasteiger partial charge in [0.2, 0.25) is 0 Å². The van der Waals surface area contributed by atoms with Gasteiger partial charge in [-0.05, 0) is 53.0 Å². The van der Waals surface area contributed by atoms with Crippen LogP contribution >= 0.6 is 15.9 Å². The molecule has 6 heteroatoms. The molecule has 2 aromatic carbocycles. The van der Waals surface area contributed by atoms with E-state index in [9.17, 15) is 4.79 Å². The van der Waals surface area contributed by atoms with Crippen LogP contribution in [0, 0.1) is 6.92 Å². The number of hydrogen-bond acceptors (Lipinski definition) is 4.